The number of aromatic nitrogens is 3. The van der Waals surface area contributed by atoms with E-state index in [0.29, 0.717) is 32.7 Å². The zero-order valence-corrected chi connectivity index (χ0v) is 18.7. The highest BCUT2D eigenvalue weighted by atomic mass is 79.9. The van der Waals surface area contributed by atoms with Crippen LogP contribution < -0.4 is 14.7 Å². The molecule has 3 rings (SSSR count). The minimum Gasteiger partial charge on any atom is -0.497 e. The first-order chi connectivity index (χ1) is 13.2. The summed E-state index contributed by atoms with van der Waals surface area (Å²) in [5, 5.41) is 6.54. The molecule has 3 aromatic rings. The first kappa shape index (κ1) is 20.9. The summed E-state index contributed by atoms with van der Waals surface area (Å²) in [4.78, 5) is 4.17. The van der Waals surface area contributed by atoms with E-state index in [1.165, 1.54) is 0 Å². The molecule has 0 unspecified atom stereocenters. The second-order valence-electron chi connectivity index (χ2n) is 5.94. The number of hydrogen-bond donors (Lipinski definition) is 2. The molecule has 7 nitrogen and oxygen atoms in total. The van der Waals surface area contributed by atoms with Crippen LogP contribution in [0.5, 0.6) is 5.75 Å². The van der Waals surface area contributed by atoms with E-state index in [-0.39, 0.29) is 5.16 Å². The number of halogens is 3. The van der Waals surface area contributed by atoms with E-state index < -0.39 is 9.84 Å². The van der Waals surface area contributed by atoms with Gasteiger partial charge < -0.3 is 4.74 Å². The molecule has 28 heavy (non-hydrogen) atoms. The van der Waals surface area contributed by atoms with Crippen molar-refractivity contribution in [1.82, 2.24) is 10.1 Å². The van der Waals surface area contributed by atoms with Crippen LogP contribution in [0.15, 0.2) is 46.0 Å². The Morgan fingerprint density at radius 3 is 2.36 bits per heavy atom. The Kier molecular flexibility index (Phi) is 6.18. The predicted octanol–water partition coefficient (Wildman–Crippen LogP) is 3.97. The van der Waals surface area contributed by atoms with Crippen molar-refractivity contribution in [3.8, 4) is 5.75 Å². The molecule has 0 aliphatic heterocycles. The van der Waals surface area contributed by atoms with Crippen molar-refractivity contribution in [3.63, 3.8) is 0 Å². The molecule has 11 heteroatoms. The quantitative estimate of drug-likeness (QED) is 0.390. The molecule has 1 heterocycles. The Hall–Kier alpha value is -1.81. The summed E-state index contributed by atoms with van der Waals surface area (Å²) >= 11 is 15.6. The number of H-pyrrole nitrogens is 1. The van der Waals surface area contributed by atoms with Gasteiger partial charge in [-0.25, -0.2) is 18.8 Å². The van der Waals surface area contributed by atoms with Crippen LogP contribution in [0.1, 0.15) is 5.56 Å². The number of nitrogens with one attached hydrogen (secondary N) is 2. The number of aromatic amines is 1. The Morgan fingerprint density at radius 2 is 1.82 bits per heavy atom. The summed E-state index contributed by atoms with van der Waals surface area (Å²) < 4.78 is 31.2. The third kappa shape index (κ3) is 4.78. The molecular weight excluding hydrogens is 491 g/mol. The molecule has 0 radical (unpaired) electrons. The van der Waals surface area contributed by atoms with Crippen molar-refractivity contribution in [2.24, 2.45) is 0 Å². The fourth-order valence-electron chi connectivity index (χ4n) is 2.40. The topological polar surface area (TPSA) is 88.0 Å². The smallest absolute Gasteiger partial charge is 0.417 e. The zero-order chi connectivity index (χ0) is 20.5. The zero-order valence-electron chi connectivity index (χ0n) is 14.8. The monoisotopic (exact) mass is 505 g/mol. The fourth-order valence-corrected chi connectivity index (χ4v) is 3.64. The molecular formula is C17H16BrCl2N4O3S+. The summed E-state index contributed by atoms with van der Waals surface area (Å²) in [5.41, 5.74) is 1.48. The van der Waals surface area contributed by atoms with Crippen molar-refractivity contribution in [3.05, 3.63) is 56.5 Å². The van der Waals surface area contributed by atoms with Crippen molar-refractivity contribution >= 4 is 60.6 Å². The second kappa shape index (κ2) is 8.28. The summed E-state index contributed by atoms with van der Waals surface area (Å²) in [6.45, 7) is 0.354. The maximum atomic E-state index is 11.9. The van der Waals surface area contributed by atoms with Crippen LogP contribution in [0.3, 0.4) is 0 Å². The van der Waals surface area contributed by atoms with E-state index in [2.05, 4.69) is 31.3 Å². The molecule has 0 spiro atoms. The van der Waals surface area contributed by atoms with Gasteiger partial charge in [0.15, 0.2) is 0 Å². The van der Waals surface area contributed by atoms with Crippen LogP contribution in [0.25, 0.3) is 0 Å². The molecule has 0 saturated carbocycles. The van der Waals surface area contributed by atoms with E-state index >= 15 is 0 Å². The van der Waals surface area contributed by atoms with Gasteiger partial charge in [-0.3, -0.25) is 0 Å². The van der Waals surface area contributed by atoms with Gasteiger partial charge in [-0.15, -0.1) is 0 Å². The predicted molar refractivity (Wildman–Crippen MR) is 111 cm³/mol. The van der Waals surface area contributed by atoms with Gasteiger partial charge in [-0.05, 0) is 50.7 Å². The molecule has 0 atom stereocenters. The van der Waals surface area contributed by atoms with E-state index in [1.54, 1.807) is 23.9 Å². The number of nitrogens with zero attached hydrogens (tertiary/aromatic N) is 2. The highest BCUT2D eigenvalue weighted by molar-refractivity contribution is 9.10. The van der Waals surface area contributed by atoms with Crippen LogP contribution in [0.2, 0.25) is 10.0 Å². The van der Waals surface area contributed by atoms with Crippen LogP contribution >= 0.6 is 39.1 Å². The molecule has 2 N–H and O–H groups in total. The SMILES string of the molecule is COc1ccc(C[n+]2[nH]c(S(C)(=O)=O)nc2Nc2cc(Cl)c(Br)c(Cl)c2)cc1. The average Bonchev–Trinajstić information content (AvgIpc) is 3.03. The largest absolute Gasteiger partial charge is 0.497 e. The average molecular weight is 507 g/mol. The van der Waals surface area contributed by atoms with Gasteiger partial charge in [0.05, 0.1) is 21.6 Å². The van der Waals surface area contributed by atoms with Crippen LogP contribution in [-0.4, -0.2) is 31.9 Å². The third-order valence-corrected chi connectivity index (χ3v) is 6.58. The number of benzene rings is 2. The van der Waals surface area contributed by atoms with E-state index in [1.807, 2.05) is 24.3 Å². The molecule has 1 aromatic heterocycles. The molecule has 0 aliphatic carbocycles. The van der Waals surface area contributed by atoms with Crippen LogP contribution in [0.4, 0.5) is 11.6 Å². The third-order valence-electron chi connectivity index (χ3n) is 3.78. The number of sulfone groups is 1. The Bertz CT molecular complexity index is 1090. The number of hydrogen-bond acceptors (Lipinski definition) is 5. The lowest BCUT2D eigenvalue weighted by atomic mass is 10.2. The molecule has 2 aromatic carbocycles. The molecule has 148 valence electrons. The number of anilines is 2. The van der Waals surface area contributed by atoms with Gasteiger partial charge >= 0.3 is 11.1 Å². The molecule has 0 bridgehead atoms. The Labute approximate surface area is 180 Å². The first-order valence-electron chi connectivity index (χ1n) is 7.92. The van der Waals surface area contributed by atoms with Gasteiger partial charge in [0.1, 0.15) is 18.0 Å². The van der Waals surface area contributed by atoms with Crippen molar-refractivity contribution in [1.29, 1.82) is 0 Å². The van der Waals surface area contributed by atoms with Crippen LogP contribution in [-0.2, 0) is 16.4 Å². The highest BCUT2D eigenvalue weighted by Gasteiger charge is 2.25. The number of ether oxygens (including phenoxy) is 1. The van der Waals surface area contributed by atoms with Crippen molar-refractivity contribution in [2.75, 3.05) is 18.7 Å². The lowest BCUT2D eigenvalue weighted by molar-refractivity contribution is -0.732. The Balaban J connectivity index is 1.98. The number of rotatable bonds is 6. The molecule has 0 amide bonds. The van der Waals surface area contributed by atoms with Gasteiger partial charge in [0.25, 0.3) is 0 Å². The second-order valence-corrected chi connectivity index (χ2v) is 9.48. The fraction of sp³-hybridized carbons (Fsp3) is 0.176. The van der Waals surface area contributed by atoms with Crippen molar-refractivity contribution in [2.45, 2.75) is 11.7 Å². The maximum Gasteiger partial charge on any atom is 0.417 e. The molecule has 0 aliphatic rings. The lowest BCUT2D eigenvalue weighted by Gasteiger charge is -2.05. The van der Waals surface area contributed by atoms with Crippen LogP contribution in [0, 0.1) is 0 Å². The van der Waals surface area contributed by atoms with E-state index in [4.69, 9.17) is 27.9 Å². The van der Waals surface area contributed by atoms with Gasteiger partial charge in [-0.1, -0.05) is 35.3 Å². The number of methoxy groups -OCH3 is 1. The summed E-state index contributed by atoms with van der Waals surface area (Å²) in [7, 11) is -1.94. The molecule has 0 saturated heterocycles. The summed E-state index contributed by atoms with van der Waals surface area (Å²) in [6.07, 6.45) is 1.08. The Morgan fingerprint density at radius 1 is 1.21 bits per heavy atom. The van der Waals surface area contributed by atoms with E-state index in [9.17, 15) is 8.42 Å². The summed E-state index contributed by atoms with van der Waals surface area (Å²) in [6, 6.07) is 10.7. The summed E-state index contributed by atoms with van der Waals surface area (Å²) in [5.74, 6) is 1.03. The van der Waals surface area contributed by atoms with Crippen molar-refractivity contribution < 1.29 is 17.8 Å². The molecule has 0 fully saturated rings. The minimum atomic E-state index is -3.53. The minimum absolute atomic E-state index is 0.155. The highest BCUT2D eigenvalue weighted by Crippen LogP contribution is 2.34. The van der Waals surface area contributed by atoms with E-state index in [0.717, 1.165) is 17.6 Å². The van der Waals surface area contributed by atoms with Gasteiger partial charge in [0, 0.05) is 6.26 Å². The first-order valence-corrected chi connectivity index (χ1v) is 11.4. The van der Waals surface area contributed by atoms with Gasteiger partial charge in [0.2, 0.25) is 9.84 Å². The standard InChI is InChI=1S/C17H15BrCl2N4O3S/c1-27-12-5-3-10(4-6-12)9-24-16(22-17(23-24)28(2,25)26)21-11-7-13(19)15(18)14(20)8-11/h3-8H,9H2,1-2H3,(H,21,22,23)/p+1. The maximum absolute atomic E-state index is 11.9. The lowest BCUT2D eigenvalue weighted by Crippen LogP contribution is -2.39. The van der Waals surface area contributed by atoms with Gasteiger partial charge in [-0.2, -0.15) is 4.68 Å². The normalized spacial score (nSPS) is 11.5.